The Labute approximate surface area is 184 Å². The molecule has 0 radical (unpaired) electrons. The number of nitrogens with one attached hydrogen (secondary N) is 1. The zero-order chi connectivity index (χ0) is 21.5. The molecule has 4 aromatic rings. The monoisotopic (exact) mass is 431 g/mol. The molecule has 156 valence electrons. The smallest absolute Gasteiger partial charge is 0.234 e. The van der Waals surface area contributed by atoms with Gasteiger partial charge in [0, 0.05) is 5.69 Å². The van der Waals surface area contributed by atoms with Crippen molar-refractivity contribution in [1.82, 2.24) is 20.2 Å². The van der Waals surface area contributed by atoms with Gasteiger partial charge in [-0.15, -0.1) is 5.10 Å². The predicted molar refractivity (Wildman–Crippen MR) is 120 cm³/mol. The van der Waals surface area contributed by atoms with Gasteiger partial charge in [-0.25, -0.2) is 0 Å². The van der Waals surface area contributed by atoms with Crippen molar-refractivity contribution in [2.45, 2.75) is 18.7 Å². The Balaban J connectivity index is 1.28. The predicted octanol–water partition coefficient (Wildman–Crippen LogP) is 4.28. The molecular weight excluding hydrogens is 410 g/mol. The van der Waals surface area contributed by atoms with Gasteiger partial charge in [-0.05, 0) is 59.3 Å². The van der Waals surface area contributed by atoms with Crippen LogP contribution in [0.1, 0.15) is 11.1 Å². The van der Waals surface area contributed by atoms with E-state index in [0.29, 0.717) is 17.5 Å². The summed E-state index contributed by atoms with van der Waals surface area (Å²) in [6, 6.07) is 25.1. The minimum atomic E-state index is -0.138. The summed E-state index contributed by atoms with van der Waals surface area (Å²) in [7, 11) is 0. The number of ether oxygens (including phenoxy) is 1. The molecule has 1 N–H and O–H groups in total. The Kier molecular flexibility index (Phi) is 6.59. The van der Waals surface area contributed by atoms with Gasteiger partial charge in [0.15, 0.2) is 0 Å². The highest BCUT2D eigenvalue weighted by Crippen LogP contribution is 2.20. The van der Waals surface area contributed by atoms with E-state index in [4.69, 9.17) is 4.74 Å². The van der Waals surface area contributed by atoms with Crippen LogP contribution in [0.3, 0.4) is 0 Å². The van der Waals surface area contributed by atoms with Crippen LogP contribution >= 0.6 is 11.8 Å². The molecule has 0 saturated carbocycles. The molecule has 3 aromatic carbocycles. The lowest BCUT2D eigenvalue weighted by Gasteiger charge is -2.09. The lowest BCUT2D eigenvalue weighted by Crippen LogP contribution is -2.14. The second-order valence-corrected chi connectivity index (χ2v) is 7.79. The molecule has 1 aromatic heterocycles. The Morgan fingerprint density at radius 1 is 1.00 bits per heavy atom. The van der Waals surface area contributed by atoms with Crippen molar-refractivity contribution in [3.63, 3.8) is 0 Å². The highest BCUT2D eigenvalue weighted by atomic mass is 32.2. The van der Waals surface area contributed by atoms with E-state index in [9.17, 15) is 4.79 Å². The van der Waals surface area contributed by atoms with E-state index < -0.39 is 0 Å². The SMILES string of the molecule is Cc1ccc(-n2nnnc2SCC(=O)Nc2ccc(OCc3ccccc3)cc2)cc1. The van der Waals surface area contributed by atoms with E-state index >= 15 is 0 Å². The molecule has 7 nitrogen and oxygen atoms in total. The van der Waals surface area contributed by atoms with Crippen molar-refractivity contribution in [2.24, 2.45) is 0 Å². The molecule has 0 bridgehead atoms. The number of tetrazole rings is 1. The molecule has 0 fully saturated rings. The molecule has 0 aliphatic heterocycles. The number of benzene rings is 3. The Morgan fingerprint density at radius 3 is 2.48 bits per heavy atom. The lowest BCUT2D eigenvalue weighted by molar-refractivity contribution is -0.113. The maximum atomic E-state index is 12.4. The molecule has 0 unspecified atom stereocenters. The third-order valence-electron chi connectivity index (χ3n) is 4.44. The van der Waals surface area contributed by atoms with Crippen molar-refractivity contribution in [3.05, 3.63) is 90.0 Å². The molecule has 0 saturated heterocycles. The summed E-state index contributed by atoms with van der Waals surface area (Å²) in [5.41, 5.74) is 3.81. The standard InChI is InChI=1S/C23H21N5O2S/c1-17-7-11-20(12-8-17)28-23(25-26-27-28)31-16-22(29)24-19-9-13-21(14-10-19)30-15-18-5-3-2-4-6-18/h2-14H,15-16H2,1H3,(H,24,29). The van der Waals surface area contributed by atoms with Crippen LogP contribution in [0.15, 0.2) is 84.0 Å². The number of rotatable bonds is 8. The van der Waals surface area contributed by atoms with E-state index in [-0.39, 0.29) is 11.7 Å². The first-order valence-electron chi connectivity index (χ1n) is 9.72. The zero-order valence-electron chi connectivity index (χ0n) is 16.9. The molecule has 0 aliphatic carbocycles. The van der Waals surface area contributed by atoms with Gasteiger partial charge in [-0.2, -0.15) is 4.68 Å². The van der Waals surface area contributed by atoms with Crippen LogP contribution < -0.4 is 10.1 Å². The number of hydrogen-bond acceptors (Lipinski definition) is 6. The number of thioether (sulfide) groups is 1. The van der Waals surface area contributed by atoms with Crippen LogP contribution in [-0.4, -0.2) is 31.9 Å². The van der Waals surface area contributed by atoms with E-state index in [1.807, 2.05) is 85.8 Å². The van der Waals surface area contributed by atoms with Crippen molar-refractivity contribution in [2.75, 3.05) is 11.1 Å². The molecule has 0 atom stereocenters. The van der Waals surface area contributed by atoms with Gasteiger partial charge in [-0.3, -0.25) is 4.79 Å². The van der Waals surface area contributed by atoms with Gasteiger partial charge in [-0.1, -0.05) is 59.8 Å². The highest BCUT2D eigenvalue weighted by molar-refractivity contribution is 7.99. The summed E-state index contributed by atoms with van der Waals surface area (Å²) < 4.78 is 7.39. The molecular formula is C23H21N5O2S. The van der Waals surface area contributed by atoms with Crippen LogP contribution in [0.4, 0.5) is 5.69 Å². The minimum Gasteiger partial charge on any atom is -0.489 e. The fraction of sp³-hybridized carbons (Fsp3) is 0.130. The number of nitrogens with zero attached hydrogens (tertiary/aromatic N) is 4. The second kappa shape index (κ2) is 9.90. The minimum absolute atomic E-state index is 0.138. The van der Waals surface area contributed by atoms with Gasteiger partial charge in [0.2, 0.25) is 11.1 Å². The van der Waals surface area contributed by atoms with E-state index in [2.05, 4.69) is 20.8 Å². The summed E-state index contributed by atoms with van der Waals surface area (Å²) in [6.45, 7) is 2.52. The number of anilines is 1. The number of aromatic nitrogens is 4. The van der Waals surface area contributed by atoms with Gasteiger partial charge in [0.05, 0.1) is 11.4 Å². The summed E-state index contributed by atoms with van der Waals surface area (Å²) in [5.74, 6) is 0.799. The van der Waals surface area contributed by atoms with Crippen LogP contribution in [-0.2, 0) is 11.4 Å². The average molecular weight is 432 g/mol. The van der Waals surface area contributed by atoms with Gasteiger partial charge in [0.1, 0.15) is 12.4 Å². The lowest BCUT2D eigenvalue weighted by atomic mass is 10.2. The first-order valence-corrected chi connectivity index (χ1v) is 10.7. The maximum Gasteiger partial charge on any atom is 0.234 e. The topological polar surface area (TPSA) is 81.9 Å². The number of amides is 1. The van der Waals surface area contributed by atoms with Gasteiger partial charge >= 0.3 is 0 Å². The molecule has 31 heavy (non-hydrogen) atoms. The molecule has 0 aliphatic rings. The van der Waals surface area contributed by atoms with E-state index in [0.717, 1.165) is 22.6 Å². The number of aryl methyl sites for hydroxylation is 1. The first kappa shape index (κ1) is 20.6. The molecule has 0 spiro atoms. The quantitative estimate of drug-likeness (QED) is 0.419. The van der Waals surface area contributed by atoms with Crippen LogP contribution in [0.2, 0.25) is 0 Å². The largest absolute Gasteiger partial charge is 0.489 e. The van der Waals surface area contributed by atoms with Gasteiger partial charge in [0.25, 0.3) is 0 Å². The molecule has 1 heterocycles. The summed E-state index contributed by atoms with van der Waals surface area (Å²) in [4.78, 5) is 12.4. The van der Waals surface area contributed by atoms with Crippen molar-refractivity contribution < 1.29 is 9.53 Å². The van der Waals surface area contributed by atoms with E-state index in [1.54, 1.807) is 4.68 Å². The Bertz CT molecular complexity index is 1130. The zero-order valence-corrected chi connectivity index (χ0v) is 17.7. The maximum absolute atomic E-state index is 12.4. The Hall–Kier alpha value is -3.65. The third-order valence-corrected chi connectivity index (χ3v) is 5.36. The molecule has 4 rings (SSSR count). The summed E-state index contributed by atoms with van der Waals surface area (Å²) in [5, 5.41) is 15.2. The fourth-order valence-corrected chi connectivity index (χ4v) is 3.51. The third kappa shape index (κ3) is 5.70. The van der Waals surface area contributed by atoms with Crippen molar-refractivity contribution >= 4 is 23.4 Å². The number of hydrogen-bond donors (Lipinski definition) is 1. The van der Waals surface area contributed by atoms with E-state index in [1.165, 1.54) is 11.8 Å². The van der Waals surface area contributed by atoms with Crippen LogP contribution in [0, 0.1) is 6.92 Å². The van der Waals surface area contributed by atoms with Gasteiger partial charge < -0.3 is 10.1 Å². The highest BCUT2D eigenvalue weighted by Gasteiger charge is 2.12. The average Bonchev–Trinajstić information content (AvgIpc) is 3.27. The molecule has 8 heteroatoms. The second-order valence-electron chi connectivity index (χ2n) is 6.84. The van der Waals surface area contributed by atoms with Crippen LogP contribution in [0.5, 0.6) is 5.75 Å². The fourth-order valence-electron chi connectivity index (χ4n) is 2.82. The Morgan fingerprint density at radius 2 is 1.74 bits per heavy atom. The normalized spacial score (nSPS) is 10.6. The van der Waals surface area contributed by atoms with Crippen LogP contribution in [0.25, 0.3) is 5.69 Å². The van der Waals surface area contributed by atoms with Crippen molar-refractivity contribution in [1.29, 1.82) is 0 Å². The molecule has 1 amide bonds. The first-order chi connectivity index (χ1) is 15.2. The van der Waals surface area contributed by atoms with Crippen molar-refractivity contribution in [3.8, 4) is 11.4 Å². The number of carbonyl (C=O) groups excluding carboxylic acids is 1. The summed E-state index contributed by atoms with van der Waals surface area (Å²) >= 11 is 1.28. The number of carbonyl (C=O) groups is 1. The summed E-state index contributed by atoms with van der Waals surface area (Å²) in [6.07, 6.45) is 0.